The normalized spacial score (nSPS) is 14.8. The molecule has 0 amide bonds. The number of nitrogens with zero attached hydrogens (tertiary/aromatic N) is 2. The van der Waals surface area contributed by atoms with Crippen LogP contribution in [0.25, 0.3) is 11.3 Å². The molecule has 0 saturated carbocycles. The fraction of sp³-hybridized carbons (Fsp3) is 0.261. The summed E-state index contributed by atoms with van der Waals surface area (Å²) in [5.74, 6) is -0.245. The zero-order valence-corrected chi connectivity index (χ0v) is 16.9. The Hall–Kier alpha value is -3.35. The number of carbonyl (C=O) groups excluding carboxylic acids is 1. The third kappa shape index (κ3) is 3.87. The lowest BCUT2D eigenvalue weighted by molar-refractivity contribution is 0.0620. The molecule has 1 aliphatic rings. The standard InChI is InChI=1S/C23H21F2N3O2/c1-13-7-15-20(29)9-23(2,3)30-21(15)8-14(13)19-11-28-22(12-26-19)27-10-16-17(24)5-4-6-18(16)25/h4-8,11-12H,9-10H2,1-3H3,(H,27,28). The molecule has 1 aromatic heterocycles. The van der Waals surface area contributed by atoms with Crippen molar-refractivity contribution >= 4 is 11.6 Å². The van der Waals surface area contributed by atoms with Crippen LogP contribution in [0.5, 0.6) is 5.75 Å². The number of hydrogen-bond acceptors (Lipinski definition) is 5. The number of aromatic nitrogens is 2. The number of anilines is 1. The van der Waals surface area contributed by atoms with E-state index < -0.39 is 17.2 Å². The van der Waals surface area contributed by atoms with E-state index >= 15 is 0 Å². The van der Waals surface area contributed by atoms with Crippen LogP contribution in [0, 0.1) is 18.6 Å². The molecule has 0 saturated heterocycles. The molecule has 2 aromatic carbocycles. The van der Waals surface area contributed by atoms with Crippen molar-refractivity contribution in [1.82, 2.24) is 9.97 Å². The van der Waals surface area contributed by atoms with Gasteiger partial charge < -0.3 is 10.1 Å². The summed E-state index contributed by atoms with van der Waals surface area (Å²) in [6.07, 6.45) is 3.41. The molecule has 2 heterocycles. The lowest BCUT2D eigenvalue weighted by atomic mass is 9.90. The van der Waals surface area contributed by atoms with E-state index in [1.165, 1.54) is 24.4 Å². The van der Waals surface area contributed by atoms with Gasteiger partial charge in [-0.25, -0.2) is 13.8 Å². The summed E-state index contributed by atoms with van der Waals surface area (Å²) in [5.41, 5.74) is 2.26. The maximum atomic E-state index is 13.8. The van der Waals surface area contributed by atoms with Gasteiger partial charge >= 0.3 is 0 Å². The zero-order chi connectivity index (χ0) is 21.5. The first kappa shape index (κ1) is 19.9. The number of Topliss-reactive ketones (excluding diaryl/α,β-unsaturated/α-hetero) is 1. The van der Waals surface area contributed by atoms with Crippen LogP contribution in [0.4, 0.5) is 14.6 Å². The molecule has 0 fully saturated rings. The molecule has 4 rings (SSSR count). The largest absolute Gasteiger partial charge is 0.487 e. The van der Waals surface area contributed by atoms with E-state index in [1.54, 1.807) is 6.20 Å². The number of fused-ring (bicyclic) bond motifs is 1. The third-order valence-corrected chi connectivity index (χ3v) is 5.04. The summed E-state index contributed by atoms with van der Waals surface area (Å²) >= 11 is 0. The van der Waals surface area contributed by atoms with Gasteiger partial charge in [-0.2, -0.15) is 0 Å². The molecule has 0 aliphatic carbocycles. The zero-order valence-electron chi connectivity index (χ0n) is 16.9. The van der Waals surface area contributed by atoms with Crippen molar-refractivity contribution in [2.24, 2.45) is 0 Å². The van der Waals surface area contributed by atoms with Crippen molar-refractivity contribution in [2.45, 2.75) is 39.3 Å². The van der Waals surface area contributed by atoms with Crippen molar-refractivity contribution in [1.29, 1.82) is 0 Å². The van der Waals surface area contributed by atoms with Crippen LogP contribution >= 0.6 is 0 Å². The predicted octanol–water partition coefficient (Wildman–Crippen LogP) is 5.09. The van der Waals surface area contributed by atoms with Crippen molar-refractivity contribution in [3.8, 4) is 17.0 Å². The van der Waals surface area contributed by atoms with E-state index in [2.05, 4.69) is 15.3 Å². The Morgan fingerprint density at radius 1 is 1.10 bits per heavy atom. The molecule has 0 atom stereocenters. The number of aryl methyl sites for hydroxylation is 1. The maximum Gasteiger partial charge on any atom is 0.170 e. The van der Waals surface area contributed by atoms with Gasteiger partial charge in [-0.3, -0.25) is 9.78 Å². The Kier molecular flexibility index (Phi) is 4.97. The highest BCUT2D eigenvalue weighted by Gasteiger charge is 2.33. The number of ether oxygens (including phenoxy) is 1. The van der Waals surface area contributed by atoms with Gasteiger partial charge in [0.1, 0.15) is 28.8 Å². The van der Waals surface area contributed by atoms with Gasteiger partial charge in [0.15, 0.2) is 5.78 Å². The smallest absolute Gasteiger partial charge is 0.170 e. The van der Waals surface area contributed by atoms with Crippen molar-refractivity contribution < 1.29 is 18.3 Å². The van der Waals surface area contributed by atoms with Crippen LogP contribution in [0.3, 0.4) is 0 Å². The fourth-order valence-electron chi connectivity index (χ4n) is 3.52. The van der Waals surface area contributed by atoms with Crippen LogP contribution in [-0.4, -0.2) is 21.4 Å². The first-order valence-electron chi connectivity index (χ1n) is 9.59. The molecule has 30 heavy (non-hydrogen) atoms. The summed E-state index contributed by atoms with van der Waals surface area (Å²) in [6, 6.07) is 7.37. The molecular formula is C23H21F2N3O2. The van der Waals surface area contributed by atoms with E-state index in [0.717, 1.165) is 11.1 Å². The molecule has 1 N–H and O–H groups in total. The molecule has 0 spiro atoms. The molecule has 7 heteroatoms. The number of halogens is 2. The predicted molar refractivity (Wildman–Crippen MR) is 110 cm³/mol. The number of benzene rings is 2. The summed E-state index contributed by atoms with van der Waals surface area (Å²) in [5, 5.41) is 2.88. The van der Waals surface area contributed by atoms with Gasteiger partial charge in [0.25, 0.3) is 0 Å². The van der Waals surface area contributed by atoms with Crippen LogP contribution in [-0.2, 0) is 6.54 Å². The lowest BCUT2D eigenvalue weighted by Crippen LogP contribution is -2.35. The van der Waals surface area contributed by atoms with Crippen LogP contribution in [0.1, 0.15) is 41.8 Å². The van der Waals surface area contributed by atoms with E-state index in [-0.39, 0.29) is 17.9 Å². The van der Waals surface area contributed by atoms with Gasteiger partial charge in [0.2, 0.25) is 0 Å². The third-order valence-electron chi connectivity index (χ3n) is 5.04. The van der Waals surface area contributed by atoms with Gasteiger partial charge in [-0.15, -0.1) is 0 Å². The monoisotopic (exact) mass is 409 g/mol. The van der Waals surface area contributed by atoms with Crippen molar-refractivity contribution in [3.63, 3.8) is 0 Å². The van der Waals surface area contributed by atoms with Crippen LogP contribution < -0.4 is 10.1 Å². The highest BCUT2D eigenvalue weighted by Crippen LogP contribution is 2.37. The summed E-state index contributed by atoms with van der Waals surface area (Å²) in [7, 11) is 0. The molecule has 5 nitrogen and oxygen atoms in total. The Balaban J connectivity index is 1.57. The second kappa shape index (κ2) is 7.48. The second-order valence-electron chi connectivity index (χ2n) is 7.97. The highest BCUT2D eigenvalue weighted by atomic mass is 19.1. The summed E-state index contributed by atoms with van der Waals surface area (Å²) in [4.78, 5) is 21.1. The Labute approximate surface area is 173 Å². The average molecular weight is 409 g/mol. The van der Waals surface area contributed by atoms with Gasteiger partial charge in [0.05, 0.1) is 30.1 Å². The molecule has 0 radical (unpaired) electrons. The van der Waals surface area contributed by atoms with Crippen molar-refractivity contribution in [3.05, 3.63) is 71.1 Å². The highest BCUT2D eigenvalue weighted by molar-refractivity contribution is 6.01. The topological polar surface area (TPSA) is 64.1 Å². The van der Waals surface area contributed by atoms with E-state index in [0.29, 0.717) is 29.2 Å². The summed E-state index contributed by atoms with van der Waals surface area (Å²) in [6.45, 7) is 5.62. The second-order valence-corrected chi connectivity index (χ2v) is 7.97. The Morgan fingerprint density at radius 3 is 2.50 bits per heavy atom. The number of nitrogens with one attached hydrogen (secondary N) is 1. The lowest BCUT2D eigenvalue weighted by Gasteiger charge is -2.32. The Morgan fingerprint density at radius 2 is 1.83 bits per heavy atom. The minimum atomic E-state index is -0.616. The molecule has 3 aromatic rings. The molecule has 1 aliphatic heterocycles. The first-order chi connectivity index (χ1) is 14.2. The fourth-order valence-corrected chi connectivity index (χ4v) is 3.52. The number of hydrogen-bond donors (Lipinski definition) is 1. The van der Waals surface area contributed by atoms with Gasteiger partial charge in [0, 0.05) is 17.7 Å². The van der Waals surface area contributed by atoms with Gasteiger partial charge in [-0.1, -0.05) is 6.07 Å². The van der Waals surface area contributed by atoms with Gasteiger partial charge in [-0.05, 0) is 50.6 Å². The first-order valence-corrected chi connectivity index (χ1v) is 9.59. The van der Waals surface area contributed by atoms with E-state index in [1.807, 2.05) is 32.9 Å². The summed E-state index contributed by atoms with van der Waals surface area (Å²) < 4.78 is 33.5. The van der Waals surface area contributed by atoms with Crippen LogP contribution in [0.15, 0.2) is 42.7 Å². The van der Waals surface area contributed by atoms with E-state index in [9.17, 15) is 13.6 Å². The Bertz CT molecular complexity index is 1110. The van der Waals surface area contributed by atoms with Crippen LogP contribution in [0.2, 0.25) is 0 Å². The molecule has 0 bridgehead atoms. The SMILES string of the molecule is Cc1cc2c(cc1-c1cnc(NCc3c(F)cccc3F)cn1)OC(C)(C)CC2=O. The number of ketones is 1. The number of rotatable bonds is 4. The minimum absolute atomic E-state index is 0.0462. The quantitative estimate of drug-likeness (QED) is 0.651. The average Bonchev–Trinajstić information content (AvgIpc) is 2.68. The van der Waals surface area contributed by atoms with Crippen molar-refractivity contribution in [2.75, 3.05) is 5.32 Å². The molecule has 0 unspecified atom stereocenters. The molecular weight excluding hydrogens is 388 g/mol. The maximum absolute atomic E-state index is 13.8. The number of carbonyl (C=O) groups is 1. The molecule has 154 valence electrons. The van der Waals surface area contributed by atoms with E-state index in [4.69, 9.17) is 4.74 Å². The minimum Gasteiger partial charge on any atom is -0.487 e.